The third kappa shape index (κ3) is 2.93. The molecule has 5 heteroatoms. The van der Waals surface area contributed by atoms with Crippen LogP contribution in [0, 0.1) is 0 Å². The minimum atomic E-state index is -0.436. The van der Waals surface area contributed by atoms with Crippen LogP contribution in [0.4, 0.5) is 0 Å². The van der Waals surface area contributed by atoms with Crippen LogP contribution in [0.3, 0.4) is 0 Å². The molecule has 3 atom stereocenters. The summed E-state index contributed by atoms with van der Waals surface area (Å²) in [6.07, 6.45) is 2.43. The summed E-state index contributed by atoms with van der Waals surface area (Å²) in [5.41, 5.74) is 0. The smallest absolute Gasteiger partial charge is 0.122 e. The van der Waals surface area contributed by atoms with E-state index < -0.39 is 6.23 Å². The average Bonchev–Trinajstić information content (AvgIpc) is 2.65. The summed E-state index contributed by atoms with van der Waals surface area (Å²) in [5.74, 6) is 0. The predicted molar refractivity (Wildman–Crippen MR) is 66.4 cm³/mol. The summed E-state index contributed by atoms with van der Waals surface area (Å²) in [5, 5.41) is 16.3. The molecule has 0 amide bonds. The van der Waals surface area contributed by atoms with Crippen LogP contribution < -0.4 is 0 Å². The Balaban J connectivity index is 2.62. The Bertz CT molecular complexity index is 244. The lowest BCUT2D eigenvalue weighted by Gasteiger charge is -2.36. The molecular formula is C11H24N4O. The quantitative estimate of drug-likeness (QED) is 0.666. The number of hydrogen-bond acceptors (Lipinski definition) is 5. The number of aliphatic hydroxyl groups is 1. The molecule has 1 rings (SSSR count). The fraction of sp³-hybridized carbons (Fsp3) is 0.909. The summed E-state index contributed by atoms with van der Waals surface area (Å²) in [6.45, 7) is 3.00. The minimum absolute atomic E-state index is 0.137. The lowest BCUT2D eigenvalue weighted by atomic mass is 10.1. The van der Waals surface area contributed by atoms with Gasteiger partial charge < -0.3 is 5.11 Å². The Kier molecular flexibility index (Phi) is 4.70. The molecule has 0 spiro atoms. The van der Waals surface area contributed by atoms with Gasteiger partial charge in [0.25, 0.3) is 0 Å². The number of likely N-dealkylation sites (N-methyl/N-ethyl adjacent to an activating group) is 3. The van der Waals surface area contributed by atoms with Gasteiger partial charge in [-0.1, -0.05) is 6.92 Å². The number of aliphatic hydroxyl groups excluding tert-OH is 1. The van der Waals surface area contributed by atoms with E-state index in [1.807, 2.05) is 37.3 Å². The van der Waals surface area contributed by atoms with Crippen molar-refractivity contribution < 1.29 is 5.11 Å². The van der Waals surface area contributed by atoms with Crippen LogP contribution in [-0.2, 0) is 0 Å². The van der Waals surface area contributed by atoms with E-state index in [9.17, 15) is 5.11 Å². The second-order valence-electron chi connectivity index (χ2n) is 4.69. The van der Waals surface area contributed by atoms with E-state index in [-0.39, 0.29) is 6.04 Å². The molecule has 0 bridgehead atoms. The van der Waals surface area contributed by atoms with Gasteiger partial charge in [0.05, 0.1) is 12.6 Å². The Labute approximate surface area is 98.3 Å². The first kappa shape index (κ1) is 13.4. The number of nitrogens with zero attached hydrogens (tertiary/aromatic N) is 4. The highest BCUT2D eigenvalue weighted by atomic mass is 16.3. The topological polar surface area (TPSA) is 42.3 Å². The molecule has 0 radical (unpaired) electrons. The second-order valence-corrected chi connectivity index (χ2v) is 4.69. The van der Waals surface area contributed by atoms with Crippen LogP contribution in [0.1, 0.15) is 13.3 Å². The molecule has 0 aliphatic carbocycles. The normalized spacial score (nSPS) is 24.5. The summed E-state index contributed by atoms with van der Waals surface area (Å²) < 4.78 is 0. The lowest BCUT2D eigenvalue weighted by Crippen LogP contribution is -2.52. The van der Waals surface area contributed by atoms with Gasteiger partial charge in [0.1, 0.15) is 6.23 Å². The van der Waals surface area contributed by atoms with Crippen molar-refractivity contribution in [2.24, 2.45) is 5.10 Å². The second kappa shape index (κ2) is 5.61. The first-order valence-electron chi connectivity index (χ1n) is 5.79. The highest BCUT2D eigenvalue weighted by Gasteiger charge is 2.29. The van der Waals surface area contributed by atoms with Crippen LogP contribution >= 0.6 is 0 Å². The van der Waals surface area contributed by atoms with Crippen LogP contribution in [0.25, 0.3) is 0 Å². The highest BCUT2D eigenvalue weighted by Crippen LogP contribution is 2.14. The van der Waals surface area contributed by atoms with Gasteiger partial charge in [0.15, 0.2) is 0 Å². The maximum absolute atomic E-state index is 10.1. The van der Waals surface area contributed by atoms with Gasteiger partial charge in [-0.05, 0) is 27.6 Å². The van der Waals surface area contributed by atoms with Crippen molar-refractivity contribution in [3.8, 4) is 0 Å². The molecule has 0 aromatic carbocycles. The molecule has 0 saturated heterocycles. The molecular weight excluding hydrogens is 204 g/mol. The molecule has 0 aromatic rings. The Morgan fingerprint density at radius 3 is 2.50 bits per heavy atom. The maximum atomic E-state index is 10.1. The van der Waals surface area contributed by atoms with E-state index in [0.717, 1.165) is 13.0 Å². The van der Waals surface area contributed by atoms with Crippen LogP contribution in [-0.4, -0.2) is 79.2 Å². The monoisotopic (exact) mass is 228 g/mol. The highest BCUT2D eigenvalue weighted by molar-refractivity contribution is 5.66. The molecule has 16 heavy (non-hydrogen) atoms. The Morgan fingerprint density at radius 2 is 2.12 bits per heavy atom. The van der Waals surface area contributed by atoms with Crippen molar-refractivity contribution in [3.63, 3.8) is 0 Å². The van der Waals surface area contributed by atoms with E-state index >= 15 is 0 Å². The van der Waals surface area contributed by atoms with E-state index in [2.05, 4.69) is 24.0 Å². The van der Waals surface area contributed by atoms with E-state index in [4.69, 9.17) is 0 Å². The van der Waals surface area contributed by atoms with E-state index in [1.54, 1.807) is 0 Å². The summed E-state index contributed by atoms with van der Waals surface area (Å²) in [4.78, 5) is 4.05. The predicted octanol–water partition coefficient (Wildman–Crippen LogP) is -0.123. The minimum Gasteiger partial charge on any atom is -0.377 e. The average molecular weight is 228 g/mol. The van der Waals surface area contributed by atoms with Gasteiger partial charge in [-0.3, -0.25) is 14.8 Å². The number of hydrazone groups is 1. The molecule has 94 valence electrons. The molecule has 1 aliphatic heterocycles. The van der Waals surface area contributed by atoms with Crippen molar-refractivity contribution in [3.05, 3.63) is 0 Å². The maximum Gasteiger partial charge on any atom is 0.122 e. The fourth-order valence-electron chi connectivity index (χ4n) is 2.09. The molecule has 3 unspecified atom stereocenters. The largest absolute Gasteiger partial charge is 0.377 e. The zero-order valence-electron chi connectivity index (χ0n) is 11.0. The van der Waals surface area contributed by atoms with Crippen molar-refractivity contribution in [2.75, 3.05) is 34.7 Å². The van der Waals surface area contributed by atoms with Gasteiger partial charge in [0.2, 0.25) is 0 Å². The molecule has 1 N–H and O–H groups in total. The first-order valence-corrected chi connectivity index (χ1v) is 5.79. The van der Waals surface area contributed by atoms with Crippen LogP contribution in [0.15, 0.2) is 5.10 Å². The first-order chi connectivity index (χ1) is 7.47. The summed E-state index contributed by atoms with van der Waals surface area (Å²) >= 11 is 0. The zero-order valence-corrected chi connectivity index (χ0v) is 11.0. The summed E-state index contributed by atoms with van der Waals surface area (Å²) in [6, 6.07) is 0.433. The van der Waals surface area contributed by atoms with Crippen molar-refractivity contribution in [2.45, 2.75) is 31.7 Å². The third-order valence-electron chi connectivity index (χ3n) is 3.22. The third-order valence-corrected chi connectivity index (χ3v) is 3.22. The number of hydrogen-bond donors (Lipinski definition) is 1. The van der Waals surface area contributed by atoms with Crippen molar-refractivity contribution >= 4 is 6.21 Å². The van der Waals surface area contributed by atoms with Crippen LogP contribution in [0.5, 0.6) is 0 Å². The fourth-order valence-corrected chi connectivity index (χ4v) is 2.09. The van der Waals surface area contributed by atoms with Gasteiger partial charge in [-0.15, -0.1) is 0 Å². The Hall–Kier alpha value is -0.650. The lowest BCUT2D eigenvalue weighted by molar-refractivity contribution is -0.0367. The van der Waals surface area contributed by atoms with E-state index in [0.29, 0.717) is 6.04 Å². The molecule has 1 aliphatic rings. The zero-order chi connectivity index (χ0) is 12.3. The standard InChI is InChI=1S/C11H24N4O/c1-6-10(11(16)13(2)3)15(5)9-7-12-14(4)8-9/h7,9-11,16H,6,8H2,1-5H3. The van der Waals surface area contributed by atoms with Gasteiger partial charge in [0, 0.05) is 19.3 Å². The van der Waals surface area contributed by atoms with Crippen molar-refractivity contribution in [1.29, 1.82) is 0 Å². The van der Waals surface area contributed by atoms with Gasteiger partial charge in [-0.2, -0.15) is 5.10 Å². The number of rotatable bonds is 5. The van der Waals surface area contributed by atoms with Gasteiger partial charge >= 0.3 is 0 Å². The SMILES string of the molecule is CCC(C(O)N(C)C)N(C)C1C=NN(C)C1. The van der Waals surface area contributed by atoms with Crippen molar-refractivity contribution in [1.82, 2.24) is 14.8 Å². The van der Waals surface area contributed by atoms with Gasteiger partial charge in [-0.25, -0.2) is 0 Å². The molecule has 0 aromatic heterocycles. The molecule has 5 nitrogen and oxygen atoms in total. The summed E-state index contributed by atoms with van der Waals surface area (Å²) in [7, 11) is 7.82. The molecule has 1 heterocycles. The molecule has 0 fully saturated rings. The Morgan fingerprint density at radius 1 is 1.50 bits per heavy atom. The van der Waals surface area contributed by atoms with Crippen LogP contribution in [0.2, 0.25) is 0 Å². The van der Waals surface area contributed by atoms with E-state index in [1.165, 1.54) is 0 Å². The molecule has 0 saturated carbocycles.